The Hall–Kier alpha value is -3.35. The summed E-state index contributed by atoms with van der Waals surface area (Å²) in [6.45, 7) is 5.30. The van der Waals surface area contributed by atoms with Crippen LogP contribution in [0.15, 0.2) is 53.1 Å². The van der Waals surface area contributed by atoms with Crippen molar-refractivity contribution in [3.05, 3.63) is 71.4 Å². The van der Waals surface area contributed by atoms with Gasteiger partial charge in [0, 0.05) is 0 Å². The van der Waals surface area contributed by atoms with Crippen LogP contribution in [-0.2, 0) is 16.1 Å². The van der Waals surface area contributed by atoms with Crippen LogP contribution < -0.4 is 5.32 Å². The summed E-state index contributed by atoms with van der Waals surface area (Å²) in [6.07, 6.45) is 0.590. The average Bonchev–Trinajstić information content (AvgIpc) is 3.28. The molecule has 0 bridgehead atoms. The number of para-hydroxylation sites is 1. The SMILES string of the molecule is Cc1nn(-c2ccccc2)c(C)c1C(=O)O[C@@H](C)C(=O)NCc1ccco1. The zero-order valence-corrected chi connectivity index (χ0v) is 15.4. The minimum Gasteiger partial charge on any atom is -0.467 e. The number of rotatable bonds is 6. The standard InChI is InChI=1S/C20H21N3O4/c1-13-18(14(2)23(22-13)16-8-5-4-6-9-16)20(25)27-15(3)19(24)21-12-17-10-7-11-26-17/h4-11,15H,12H2,1-3H3,(H,21,24)/t15-/m0/s1. The van der Waals surface area contributed by atoms with E-state index in [4.69, 9.17) is 9.15 Å². The van der Waals surface area contributed by atoms with Gasteiger partial charge in [-0.1, -0.05) is 18.2 Å². The third-order valence-electron chi connectivity index (χ3n) is 4.17. The maximum atomic E-state index is 12.6. The Labute approximate surface area is 156 Å². The van der Waals surface area contributed by atoms with Gasteiger partial charge in [0.15, 0.2) is 6.10 Å². The van der Waals surface area contributed by atoms with Crippen LogP contribution in [0.2, 0.25) is 0 Å². The highest BCUT2D eigenvalue weighted by molar-refractivity contribution is 5.94. The number of carbonyl (C=O) groups excluding carboxylic acids is 2. The van der Waals surface area contributed by atoms with E-state index >= 15 is 0 Å². The number of esters is 1. The molecule has 7 heteroatoms. The van der Waals surface area contributed by atoms with Gasteiger partial charge in [-0.2, -0.15) is 5.10 Å². The Morgan fingerprint density at radius 2 is 1.93 bits per heavy atom. The van der Waals surface area contributed by atoms with Crippen molar-refractivity contribution in [2.75, 3.05) is 0 Å². The van der Waals surface area contributed by atoms with E-state index in [0.29, 0.717) is 22.7 Å². The molecule has 0 aliphatic carbocycles. The predicted molar refractivity (Wildman–Crippen MR) is 98.5 cm³/mol. The summed E-state index contributed by atoms with van der Waals surface area (Å²) >= 11 is 0. The molecule has 7 nitrogen and oxygen atoms in total. The Bertz CT molecular complexity index is 930. The maximum absolute atomic E-state index is 12.6. The third kappa shape index (κ3) is 4.08. The Balaban J connectivity index is 1.68. The number of hydrogen-bond donors (Lipinski definition) is 1. The lowest BCUT2D eigenvalue weighted by Crippen LogP contribution is -2.35. The molecule has 0 fully saturated rings. The monoisotopic (exact) mass is 367 g/mol. The average molecular weight is 367 g/mol. The summed E-state index contributed by atoms with van der Waals surface area (Å²) in [6, 6.07) is 13.0. The van der Waals surface area contributed by atoms with Crippen LogP contribution in [0.25, 0.3) is 5.69 Å². The first-order valence-electron chi connectivity index (χ1n) is 8.60. The van der Waals surface area contributed by atoms with Crippen molar-refractivity contribution in [3.8, 4) is 5.69 Å². The molecule has 1 atom stereocenters. The van der Waals surface area contributed by atoms with E-state index in [9.17, 15) is 9.59 Å². The van der Waals surface area contributed by atoms with E-state index < -0.39 is 18.0 Å². The first-order chi connectivity index (χ1) is 13.0. The van der Waals surface area contributed by atoms with Crippen LogP contribution in [0.4, 0.5) is 0 Å². The smallest absolute Gasteiger partial charge is 0.342 e. The minimum absolute atomic E-state index is 0.234. The number of amides is 1. The summed E-state index contributed by atoms with van der Waals surface area (Å²) in [5, 5.41) is 7.10. The number of aromatic nitrogens is 2. The van der Waals surface area contributed by atoms with E-state index in [0.717, 1.165) is 5.69 Å². The van der Waals surface area contributed by atoms with Crippen LogP contribution in [-0.4, -0.2) is 27.8 Å². The van der Waals surface area contributed by atoms with Gasteiger partial charge in [0.2, 0.25) is 0 Å². The Kier molecular flexibility index (Phi) is 5.40. The highest BCUT2D eigenvalue weighted by Gasteiger charge is 2.25. The van der Waals surface area contributed by atoms with E-state index in [1.54, 1.807) is 30.7 Å². The second-order valence-corrected chi connectivity index (χ2v) is 6.14. The molecule has 27 heavy (non-hydrogen) atoms. The molecule has 2 aromatic heterocycles. The predicted octanol–water partition coefficient (Wildman–Crippen LogP) is 2.94. The number of furan rings is 1. The van der Waals surface area contributed by atoms with E-state index in [2.05, 4.69) is 10.4 Å². The third-order valence-corrected chi connectivity index (χ3v) is 4.17. The van der Waals surface area contributed by atoms with Gasteiger partial charge in [-0.25, -0.2) is 9.48 Å². The van der Waals surface area contributed by atoms with Crippen molar-refractivity contribution in [1.29, 1.82) is 0 Å². The molecule has 0 saturated carbocycles. The van der Waals surface area contributed by atoms with Crippen LogP contribution in [0, 0.1) is 13.8 Å². The minimum atomic E-state index is -0.939. The molecule has 0 aliphatic heterocycles. The molecule has 0 spiro atoms. The van der Waals surface area contributed by atoms with Crippen molar-refractivity contribution >= 4 is 11.9 Å². The second-order valence-electron chi connectivity index (χ2n) is 6.14. The second kappa shape index (κ2) is 7.90. The normalized spacial score (nSPS) is 11.8. The van der Waals surface area contributed by atoms with Gasteiger partial charge in [0.25, 0.3) is 5.91 Å². The van der Waals surface area contributed by atoms with Crippen molar-refractivity contribution < 1.29 is 18.7 Å². The van der Waals surface area contributed by atoms with Gasteiger partial charge in [-0.3, -0.25) is 4.79 Å². The van der Waals surface area contributed by atoms with Crippen molar-refractivity contribution in [3.63, 3.8) is 0 Å². The van der Waals surface area contributed by atoms with Gasteiger partial charge in [-0.05, 0) is 45.0 Å². The fourth-order valence-electron chi connectivity index (χ4n) is 2.76. The van der Waals surface area contributed by atoms with Crippen LogP contribution >= 0.6 is 0 Å². The van der Waals surface area contributed by atoms with Gasteiger partial charge in [-0.15, -0.1) is 0 Å². The van der Waals surface area contributed by atoms with Gasteiger partial charge >= 0.3 is 5.97 Å². The number of carbonyl (C=O) groups is 2. The topological polar surface area (TPSA) is 86.4 Å². The lowest BCUT2D eigenvalue weighted by atomic mass is 10.2. The van der Waals surface area contributed by atoms with Crippen LogP contribution in [0.5, 0.6) is 0 Å². The molecular weight excluding hydrogens is 346 g/mol. The fourth-order valence-corrected chi connectivity index (χ4v) is 2.76. The lowest BCUT2D eigenvalue weighted by Gasteiger charge is -2.13. The molecule has 140 valence electrons. The fraction of sp³-hybridized carbons (Fsp3) is 0.250. The van der Waals surface area contributed by atoms with Gasteiger partial charge in [0.05, 0.1) is 29.9 Å². The molecule has 0 saturated heterocycles. The summed E-state index contributed by atoms with van der Waals surface area (Å²) < 4.78 is 12.2. The van der Waals surface area contributed by atoms with Crippen molar-refractivity contribution in [2.45, 2.75) is 33.4 Å². The summed E-state index contributed by atoms with van der Waals surface area (Å²) in [7, 11) is 0. The van der Waals surface area contributed by atoms with E-state index in [1.807, 2.05) is 30.3 Å². The first kappa shape index (κ1) is 18.4. The molecule has 3 rings (SSSR count). The highest BCUT2D eigenvalue weighted by Crippen LogP contribution is 2.19. The highest BCUT2D eigenvalue weighted by atomic mass is 16.5. The summed E-state index contributed by atoms with van der Waals surface area (Å²) in [5.41, 5.74) is 2.42. The number of aryl methyl sites for hydroxylation is 1. The molecule has 1 N–H and O–H groups in total. The number of hydrogen-bond acceptors (Lipinski definition) is 5. The molecule has 0 unspecified atom stereocenters. The largest absolute Gasteiger partial charge is 0.467 e. The number of ether oxygens (including phenoxy) is 1. The molecule has 0 aliphatic rings. The Morgan fingerprint density at radius 3 is 2.59 bits per heavy atom. The van der Waals surface area contributed by atoms with Crippen molar-refractivity contribution in [1.82, 2.24) is 15.1 Å². The van der Waals surface area contributed by atoms with Crippen LogP contribution in [0.1, 0.15) is 34.4 Å². The Morgan fingerprint density at radius 1 is 1.19 bits per heavy atom. The van der Waals surface area contributed by atoms with Crippen LogP contribution in [0.3, 0.4) is 0 Å². The number of nitrogens with one attached hydrogen (secondary N) is 1. The van der Waals surface area contributed by atoms with Gasteiger partial charge in [0.1, 0.15) is 11.3 Å². The van der Waals surface area contributed by atoms with E-state index in [-0.39, 0.29) is 6.54 Å². The molecule has 0 radical (unpaired) electrons. The lowest BCUT2D eigenvalue weighted by molar-refractivity contribution is -0.129. The molecule has 2 heterocycles. The quantitative estimate of drug-likeness (QED) is 0.677. The number of benzene rings is 1. The van der Waals surface area contributed by atoms with Crippen molar-refractivity contribution in [2.24, 2.45) is 0 Å². The van der Waals surface area contributed by atoms with E-state index in [1.165, 1.54) is 13.2 Å². The zero-order chi connectivity index (χ0) is 19.4. The first-order valence-corrected chi connectivity index (χ1v) is 8.60. The van der Waals surface area contributed by atoms with Gasteiger partial charge < -0.3 is 14.5 Å². The molecule has 3 aromatic rings. The zero-order valence-electron chi connectivity index (χ0n) is 15.4. The molecule has 1 amide bonds. The maximum Gasteiger partial charge on any atom is 0.342 e. The molecule has 1 aromatic carbocycles. The summed E-state index contributed by atoms with van der Waals surface area (Å²) in [5.74, 6) is -0.351. The summed E-state index contributed by atoms with van der Waals surface area (Å²) in [4.78, 5) is 24.8. The molecular formula is C20H21N3O4. The number of nitrogens with zero attached hydrogens (tertiary/aromatic N) is 2.